The van der Waals surface area contributed by atoms with Gasteiger partial charge in [-0.15, -0.1) is 0 Å². The molecule has 0 saturated heterocycles. The van der Waals surface area contributed by atoms with E-state index in [2.05, 4.69) is 13.8 Å². The molecule has 0 radical (unpaired) electrons. The summed E-state index contributed by atoms with van der Waals surface area (Å²) in [7, 11) is -1.19. The number of benzene rings is 2. The molecule has 2 aromatic rings. The molecule has 0 amide bonds. The zero-order valence-corrected chi connectivity index (χ0v) is 16.9. The maximum Gasteiger partial charge on any atom is 0.149 e. The Morgan fingerprint density at radius 3 is 2.35 bits per heavy atom. The van der Waals surface area contributed by atoms with Gasteiger partial charge in [0.05, 0.1) is 12.4 Å². The Balaban J connectivity index is 2.14. The number of ether oxygens (including phenoxy) is 1. The fourth-order valence-electron chi connectivity index (χ4n) is 4.45. The minimum atomic E-state index is -2.85. The summed E-state index contributed by atoms with van der Waals surface area (Å²) in [5, 5.41) is 1.77. The molecule has 3 nitrogen and oxygen atoms in total. The summed E-state index contributed by atoms with van der Waals surface area (Å²) in [5.41, 5.74) is 6.35. The lowest BCUT2D eigenvalue weighted by molar-refractivity contribution is 0.256. The lowest BCUT2D eigenvalue weighted by Gasteiger charge is -2.39. The molecule has 0 heterocycles. The van der Waals surface area contributed by atoms with Crippen molar-refractivity contribution in [3.63, 3.8) is 0 Å². The molecular formula is C22H30NO2P. The summed E-state index contributed by atoms with van der Waals surface area (Å²) in [4.78, 5) is 0. The van der Waals surface area contributed by atoms with E-state index in [4.69, 9.17) is 10.5 Å². The zero-order valence-electron chi connectivity index (χ0n) is 16.0. The highest BCUT2D eigenvalue weighted by Gasteiger charge is 2.43. The van der Waals surface area contributed by atoms with E-state index in [1.54, 1.807) is 7.11 Å². The highest BCUT2D eigenvalue weighted by atomic mass is 31.2. The third-order valence-electron chi connectivity index (χ3n) is 5.80. The van der Waals surface area contributed by atoms with Crippen molar-refractivity contribution in [3.05, 3.63) is 54.6 Å². The van der Waals surface area contributed by atoms with E-state index in [0.717, 1.165) is 35.6 Å². The van der Waals surface area contributed by atoms with Crippen LogP contribution in [0.5, 0.6) is 5.75 Å². The second-order valence-corrected chi connectivity index (χ2v) is 10.8. The van der Waals surface area contributed by atoms with Crippen LogP contribution in [0, 0.1) is 11.8 Å². The van der Waals surface area contributed by atoms with Gasteiger partial charge in [0.2, 0.25) is 0 Å². The molecule has 0 bridgehead atoms. The topological polar surface area (TPSA) is 52.3 Å². The SMILES string of the molecule is COc1ccccc1[P@](=O)(c1ccccc1)C1CC(C)C[C@@H]([C@H](C)N)C1. The summed E-state index contributed by atoms with van der Waals surface area (Å²) in [6.07, 6.45) is 2.99. The number of hydrogen-bond acceptors (Lipinski definition) is 3. The number of hydrogen-bond donors (Lipinski definition) is 1. The second kappa shape index (κ2) is 7.98. The predicted octanol–water partition coefficient (Wildman–Crippen LogP) is 4.16. The van der Waals surface area contributed by atoms with E-state index in [0.29, 0.717) is 11.8 Å². The minimum absolute atomic E-state index is 0.0981. The number of methoxy groups -OCH3 is 1. The number of para-hydroxylation sites is 1. The van der Waals surface area contributed by atoms with Gasteiger partial charge in [0.1, 0.15) is 12.9 Å². The van der Waals surface area contributed by atoms with Crippen LogP contribution in [0.25, 0.3) is 0 Å². The fraction of sp³-hybridized carbons (Fsp3) is 0.455. The van der Waals surface area contributed by atoms with E-state index in [1.807, 2.05) is 54.6 Å². The first kappa shape index (κ1) is 19.2. The van der Waals surface area contributed by atoms with Crippen LogP contribution < -0.4 is 21.1 Å². The molecule has 2 aromatic carbocycles. The summed E-state index contributed by atoms with van der Waals surface area (Å²) in [6, 6.07) is 17.9. The molecule has 3 rings (SSSR count). The Morgan fingerprint density at radius 2 is 1.69 bits per heavy atom. The average Bonchev–Trinajstić information content (AvgIpc) is 2.67. The summed E-state index contributed by atoms with van der Waals surface area (Å²) in [5.74, 6) is 1.65. The molecule has 26 heavy (non-hydrogen) atoms. The normalized spacial score (nSPS) is 26.7. The van der Waals surface area contributed by atoms with Crippen LogP contribution in [0.3, 0.4) is 0 Å². The Kier molecular flexibility index (Phi) is 5.89. The van der Waals surface area contributed by atoms with Gasteiger partial charge < -0.3 is 15.0 Å². The van der Waals surface area contributed by atoms with E-state index in [1.165, 1.54) is 0 Å². The van der Waals surface area contributed by atoms with Crippen LogP contribution in [-0.2, 0) is 4.57 Å². The molecule has 5 atom stereocenters. The van der Waals surface area contributed by atoms with Gasteiger partial charge in [-0.2, -0.15) is 0 Å². The predicted molar refractivity (Wildman–Crippen MR) is 110 cm³/mol. The zero-order chi connectivity index (χ0) is 18.7. The summed E-state index contributed by atoms with van der Waals surface area (Å²) in [6.45, 7) is 4.34. The quantitative estimate of drug-likeness (QED) is 0.803. The molecule has 1 aliphatic rings. The van der Waals surface area contributed by atoms with Crippen molar-refractivity contribution in [3.8, 4) is 5.75 Å². The molecule has 140 valence electrons. The van der Waals surface area contributed by atoms with E-state index >= 15 is 0 Å². The van der Waals surface area contributed by atoms with Crippen molar-refractivity contribution < 1.29 is 9.30 Å². The molecule has 1 saturated carbocycles. The van der Waals surface area contributed by atoms with Gasteiger partial charge >= 0.3 is 0 Å². The molecular weight excluding hydrogens is 341 g/mol. The highest BCUT2D eigenvalue weighted by molar-refractivity contribution is 7.79. The Morgan fingerprint density at radius 1 is 1.04 bits per heavy atom. The van der Waals surface area contributed by atoms with Crippen LogP contribution in [0.4, 0.5) is 0 Å². The monoisotopic (exact) mass is 371 g/mol. The minimum Gasteiger partial charge on any atom is -0.496 e. The first-order valence-electron chi connectivity index (χ1n) is 9.51. The van der Waals surface area contributed by atoms with Gasteiger partial charge in [0.15, 0.2) is 0 Å². The number of nitrogens with two attached hydrogens (primary N) is 1. The molecule has 0 spiro atoms. The van der Waals surface area contributed by atoms with Crippen LogP contribution in [0.2, 0.25) is 0 Å². The summed E-state index contributed by atoms with van der Waals surface area (Å²) >= 11 is 0. The standard InChI is InChI=1S/C22H30NO2P/c1-16-13-18(17(2)23)15-20(14-16)26(24,19-9-5-4-6-10-19)22-12-8-7-11-21(22)25-3/h4-12,16-18,20H,13-15,23H2,1-3H3/t16?,17-,18+,20?,26-/m0/s1. The van der Waals surface area contributed by atoms with Gasteiger partial charge in [-0.05, 0) is 50.2 Å². The number of rotatable bonds is 5. The molecule has 2 N–H and O–H groups in total. The van der Waals surface area contributed by atoms with Gasteiger partial charge in [0.25, 0.3) is 0 Å². The maximum absolute atomic E-state index is 14.7. The Bertz CT molecular complexity index is 775. The third-order valence-corrected chi connectivity index (χ3v) is 9.40. The van der Waals surface area contributed by atoms with Gasteiger partial charge in [0, 0.05) is 17.0 Å². The van der Waals surface area contributed by atoms with E-state index in [-0.39, 0.29) is 11.7 Å². The highest BCUT2D eigenvalue weighted by Crippen LogP contribution is 2.57. The lowest BCUT2D eigenvalue weighted by atomic mass is 9.79. The van der Waals surface area contributed by atoms with Gasteiger partial charge in [-0.3, -0.25) is 0 Å². The van der Waals surface area contributed by atoms with E-state index in [9.17, 15) is 4.57 Å². The molecule has 1 fully saturated rings. The Hall–Kier alpha value is -1.57. The first-order chi connectivity index (χ1) is 12.5. The molecule has 2 unspecified atom stereocenters. The third kappa shape index (κ3) is 3.61. The molecule has 0 aliphatic heterocycles. The van der Waals surface area contributed by atoms with Crippen molar-refractivity contribution in [2.75, 3.05) is 7.11 Å². The molecule has 1 aliphatic carbocycles. The average molecular weight is 371 g/mol. The molecule has 0 aromatic heterocycles. The van der Waals surface area contributed by atoms with Crippen molar-refractivity contribution in [2.45, 2.75) is 44.8 Å². The van der Waals surface area contributed by atoms with Crippen molar-refractivity contribution >= 4 is 17.8 Å². The molecule has 4 heteroatoms. The fourth-order valence-corrected chi connectivity index (χ4v) is 8.18. The second-order valence-electron chi connectivity index (χ2n) is 7.75. The Labute approximate surface area is 157 Å². The van der Waals surface area contributed by atoms with Crippen LogP contribution in [0.1, 0.15) is 33.1 Å². The maximum atomic E-state index is 14.7. The van der Waals surface area contributed by atoms with Gasteiger partial charge in [-0.1, -0.05) is 49.4 Å². The van der Waals surface area contributed by atoms with Crippen molar-refractivity contribution in [2.24, 2.45) is 17.6 Å². The largest absolute Gasteiger partial charge is 0.496 e. The summed E-state index contributed by atoms with van der Waals surface area (Å²) < 4.78 is 20.4. The first-order valence-corrected chi connectivity index (χ1v) is 11.3. The van der Waals surface area contributed by atoms with Crippen molar-refractivity contribution in [1.82, 2.24) is 0 Å². The van der Waals surface area contributed by atoms with E-state index < -0.39 is 7.14 Å². The van der Waals surface area contributed by atoms with Gasteiger partial charge in [-0.25, -0.2) is 0 Å². The van der Waals surface area contributed by atoms with Crippen LogP contribution in [0.15, 0.2) is 54.6 Å². The van der Waals surface area contributed by atoms with Crippen LogP contribution >= 0.6 is 7.14 Å². The lowest BCUT2D eigenvalue weighted by Crippen LogP contribution is -2.38. The smallest absolute Gasteiger partial charge is 0.149 e. The van der Waals surface area contributed by atoms with Crippen LogP contribution in [-0.4, -0.2) is 18.8 Å². The van der Waals surface area contributed by atoms with Crippen molar-refractivity contribution in [1.29, 1.82) is 0 Å².